The molecule has 0 aliphatic rings. The molecule has 0 radical (unpaired) electrons. The first kappa shape index (κ1) is 30.2. The number of urea groups is 2. The number of carboxylic acids is 3. The second-order valence-electron chi connectivity index (χ2n) is 7.07. The summed E-state index contributed by atoms with van der Waals surface area (Å²) in [7, 11) is 0. The van der Waals surface area contributed by atoms with Crippen LogP contribution in [-0.2, 0) is 14.4 Å². The molecule has 0 saturated heterocycles. The van der Waals surface area contributed by atoms with Crippen molar-refractivity contribution in [2.45, 2.75) is 65.0 Å². The summed E-state index contributed by atoms with van der Waals surface area (Å²) in [6.07, 6.45) is 0.0569. The molecule has 2 atom stereocenters. The van der Waals surface area contributed by atoms with Gasteiger partial charge >= 0.3 is 30.0 Å². The lowest BCUT2D eigenvalue weighted by molar-refractivity contribution is -0.140. The molecule has 0 heterocycles. The number of rotatable bonds is 13. The molecule has 7 N–H and O–H groups in total. The van der Waals surface area contributed by atoms with Gasteiger partial charge in [-0.15, -0.1) is 0 Å². The Morgan fingerprint density at radius 2 is 1.32 bits per heavy atom. The molecule has 0 aliphatic heterocycles. The van der Waals surface area contributed by atoms with E-state index in [1.54, 1.807) is 12.1 Å². The van der Waals surface area contributed by atoms with Crippen LogP contribution in [0.3, 0.4) is 0 Å². The zero-order valence-corrected chi connectivity index (χ0v) is 19.6. The summed E-state index contributed by atoms with van der Waals surface area (Å²) in [5.74, 6) is -3.95. The minimum atomic E-state index is -1.46. The zero-order valence-electron chi connectivity index (χ0n) is 19.6. The Kier molecular flexibility index (Phi) is 14.9. The monoisotopic (exact) mass is 482 g/mol. The van der Waals surface area contributed by atoms with Gasteiger partial charge in [0.1, 0.15) is 12.1 Å². The third kappa shape index (κ3) is 13.6. The fourth-order valence-corrected chi connectivity index (χ4v) is 2.63. The molecule has 1 rings (SSSR count). The van der Waals surface area contributed by atoms with E-state index in [2.05, 4.69) is 21.3 Å². The summed E-state index contributed by atoms with van der Waals surface area (Å²) >= 11 is 0. The van der Waals surface area contributed by atoms with Crippen molar-refractivity contribution in [3.05, 3.63) is 29.8 Å². The van der Waals surface area contributed by atoms with Gasteiger partial charge in [0, 0.05) is 18.7 Å². The Morgan fingerprint density at radius 1 is 0.794 bits per heavy atom. The van der Waals surface area contributed by atoms with E-state index in [-0.39, 0.29) is 19.4 Å². The number of aliphatic carboxylic acids is 3. The Hall–Kier alpha value is -3.83. The van der Waals surface area contributed by atoms with Crippen LogP contribution >= 0.6 is 0 Å². The molecule has 0 spiro atoms. The molecule has 2 unspecified atom stereocenters. The predicted octanol–water partition coefficient (Wildman–Crippen LogP) is 2.38. The number of carboxylic acid groups (broad SMARTS) is 3. The van der Waals surface area contributed by atoms with Crippen molar-refractivity contribution in [2.75, 3.05) is 11.9 Å². The molecule has 4 amide bonds. The summed E-state index contributed by atoms with van der Waals surface area (Å²) in [5, 5.41) is 36.4. The molecular formula is C22H34N4O8. The van der Waals surface area contributed by atoms with Gasteiger partial charge in [0.05, 0.1) is 0 Å². The maximum Gasteiger partial charge on any atom is 0.326 e. The van der Waals surface area contributed by atoms with Gasteiger partial charge in [0.15, 0.2) is 0 Å². The van der Waals surface area contributed by atoms with Crippen LogP contribution in [0, 0.1) is 6.92 Å². The van der Waals surface area contributed by atoms with Crippen LogP contribution in [0.25, 0.3) is 0 Å². The molecule has 190 valence electrons. The molecule has 1 aromatic carbocycles. The molecule has 1 aromatic rings. The van der Waals surface area contributed by atoms with Crippen molar-refractivity contribution in [1.82, 2.24) is 16.0 Å². The second kappa shape index (κ2) is 16.8. The Labute approximate surface area is 198 Å². The molecular weight excluding hydrogens is 448 g/mol. The second-order valence-corrected chi connectivity index (χ2v) is 7.07. The number of nitrogens with one attached hydrogen (secondary N) is 4. The maximum absolute atomic E-state index is 11.9. The van der Waals surface area contributed by atoms with Gasteiger partial charge in [-0.25, -0.2) is 19.2 Å². The van der Waals surface area contributed by atoms with E-state index >= 15 is 0 Å². The van der Waals surface area contributed by atoms with Crippen LogP contribution in [0.1, 0.15) is 51.5 Å². The van der Waals surface area contributed by atoms with E-state index in [1.165, 1.54) is 0 Å². The number of carbonyl (C=O) groups is 5. The fraction of sp³-hybridized carbons (Fsp3) is 0.500. The van der Waals surface area contributed by atoms with Gasteiger partial charge in [0.25, 0.3) is 0 Å². The minimum absolute atomic E-state index is 0.0525. The summed E-state index contributed by atoms with van der Waals surface area (Å²) in [6, 6.07) is 3.08. The van der Waals surface area contributed by atoms with Crippen LogP contribution < -0.4 is 21.3 Å². The van der Waals surface area contributed by atoms with Crippen molar-refractivity contribution in [2.24, 2.45) is 0 Å². The number of anilines is 1. The largest absolute Gasteiger partial charge is 0.481 e. The number of aryl methyl sites for hydroxylation is 1. The third-order valence-electron chi connectivity index (χ3n) is 4.37. The van der Waals surface area contributed by atoms with E-state index in [4.69, 9.17) is 10.2 Å². The topological polar surface area (TPSA) is 194 Å². The summed E-state index contributed by atoms with van der Waals surface area (Å²) in [5.41, 5.74) is 1.70. The number of hydrogen-bond acceptors (Lipinski definition) is 5. The van der Waals surface area contributed by atoms with Crippen LogP contribution in [0.2, 0.25) is 0 Å². The molecule has 0 bridgehead atoms. The highest BCUT2D eigenvalue weighted by molar-refractivity contribution is 5.89. The van der Waals surface area contributed by atoms with Crippen molar-refractivity contribution < 1.29 is 39.3 Å². The molecule has 0 aromatic heterocycles. The fourth-order valence-electron chi connectivity index (χ4n) is 2.63. The van der Waals surface area contributed by atoms with Crippen molar-refractivity contribution in [3.8, 4) is 0 Å². The third-order valence-corrected chi connectivity index (χ3v) is 4.37. The zero-order chi connectivity index (χ0) is 26.1. The maximum atomic E-state index is 11.9. The first-order valence-corrected chi connectivity index (χ1v) is 10.9. The standard InChI is InChI=1S/C20H28N4O8.C2H6/c1-12-5-7-13(8-6-12)22-19(31)21-11-3-2-4-14(17(27)28)23-20(32)24-15(18(29)30)9-10-16(25)26;1-2/h5-8,14-15H,2-4,9-11H2,1H3,(H,25,26)(H,27,28)(H,29,30)(H2,21,22,31)(H2,23,24,32);1-2H3. The van der Waals surface area contributed by atoms with Crippen molar-refractivity contribution >= 4 is 35.7 Å². The number of amides is 4. The van der Waals surface area contributed by atoms with Gasteiger partial charge in [-0.1, -0.05) is 31.5 Å². The minimum Gasteiger partial charge on any atom is -0.481 e. The van der Waals surface area contributed by atoms with Gasteiger partial charge in [0.2, 0.25) is 0 Å². The highest BCUT2D eigenvalue weighted by Crippen LogP contribution is 2.08. The molecule has 0 saturated carbocycles. The molecule has 0 fully saturated rings. The van der Waals surface area contributed by atoms with Crippen LogP contribution in [0.4, 0.5) is 15.3 Å². The predicted molar refractivity (Wildman–Crippen MR) is 125 cm³/mol. The number of carbonyl (C=O) groups excluding carboxylic acids is 2. The SMILES string of the molecule is CC.Cc1ccc(NC(=O)NCCCCC(NC(=O)NC(CCC(=O)O)C(=O)O)C(=O)O)cc1. The molecule has 0 aliphatic carbocycles. The first-order chi connectivity index (χ1) is 16.1. The Bertz CT molecular complexity index is 814. The van der Waals surface area contributed by atoms with Gasteiger partial charge in [-0.05, 0) is 44.7 Å². The van der Waals surface area contributed by atoms with E-state index in [9.17, 15) is 29.1 Å². The molecule has 12 nitrogen and oxygen atoms in total. The summed E-state index contributed by atoms with van der Waals surface area (Å²) < 4.78 is 0. The highest BCUT2D eigenvalue weighted by atomic mass is 16.4. The van der Waals surface area contributed by atoms with E-state index in [0.29, 0.717) is 18.5 Å². The molecule has 34 heavy (non-hydrogen) atoms. The number of unbranched alkanes of at least 4 members (excludes halogenated alkanes) is 1. The van der Waals surface area contributed by atoms with Gasteiger partial charge in [-0.2, -0.15) is 0 Å². The lowest BCUT2D eigenvalue weighted by Crippen LogP contribution is -2.51. The van der Waals surface area contributed by atoms with Gasteiger partial charge < -0.3 is 36.6 Å². The highest BCUT2D eigenvalue weighted by Gasteiger charge is 2.24. The quantitative estimate of drug-likeness (QED) is 0.208. The van der Waals surface area contributed by atoms with Gasteiger partial charge in [-0.3, -0.25) is 4.79 Å². The average molecular weight is 483 g/mol. The van der Waals surface area contributed by atoms with Crippen molar-refractivity contribution in [1.29, 1.82) is 0 Å². The normalized spacial score (nSPS) is 11.6. The Balaban J connectivity index is 0.00000529. The average Bonchev–Trinajstić information content (AvgIpc) is 2.78. The van der Waals surface area contributed by atoms with Crippen LogP contribution in [0.15, 0.2) is 24.3 Å². The first-order valence-electron chi connectivity index (χ1n) is 10.9. The summed E-state index contributed by atoms with van der Waals surface area (Å²) in [4.78, 5) is 56.8. The summed E-state index contributed by atoms with van der Waals surface area (Å²) in [6.45, 7) is 6.21. The van der Waals surface area contributed by atoms with Crippen molar-refractivity contribution in [3.63, 3.8) is 0 Å². The molecule has 12 heteroatoms. The van der Waals surface area contributed by atoms with E-state index in [1.807, 2.05) is 32.9 Å². The van der Waals surface area contributed by atoms with E-state index < -0.39 is 48.5 Å². The van der Waals surface area contributed by atoms with Crippen LogP contribution in [0.5, 0.6) is 0 Å². The van der Waals surface area contributed by atoms with Crippen LogP contribution in [-0.4, -0.2) is 63.9 Å². The van der Waals surface area contributed by atoms with E-state index in [0.717, 1.165) is 5.56 Å². The lowest BCUT2D eigenvalue weighted by atomic mass is 10.1. The lowest BCUT2D eigenvalue weighted by Gasteiger charge is -2.18. The smallest absolute Gasteiger partial charge is 0.326 e. The number of benzene rings is 1. The Morgan fingerprint density at radius 3 is 1.82 bits per heavy atom. The number of hydrogen-bond donors (Lipinski definition) is 7.